The maximum Gasteiger partial charge on any atom is 0.272 e. The standard InChI is InChI=1S/C15H16N2O4S/c1-11-9-12(4-5-14(11)17(19)20)15(18)16-6-8-22-10-13-3-2-7-21-13/h2-5,7,9H,6,8,10H2,1H3,(H,16,18). The number of hydrogen-bond donors (Lipinski definition) is 1. The van der Waals surface area contributed by atoms with Crippen molar-refractivity contribution in [1.29, 1.82) is 0 Å². The first-order valence-electron chi connectivity index (χ1n) is 6.71. The van der Waals surface area contributed by atoms with Gasteiger partial charge in [0.2, 0.25) is 0 Å². The molecular weight excluding hydrogens is 304 g/mol. The zero-order chi connectivity index (χ0) is 15.9. The third-order valence-electron chi connectivity index (χ3n) is 3.01. The van der Waals surface area contributed by atoms with E-state index in [0.717, 1.165) is 17.3 Å². The highest BCUT2D eigenvalue weighted by atomic mass is 32.2. The number of nitrogens with one attached hydrogen (secondary N) is 1. The second-order valence-electron chi connectivity index (χ2n) is 4.65. The second-order valence-corrected chi connectivity index (χ2v) is 5.75. The van der Waals surface area contributed by atoms with E-state index >= 15 is 0 Å². The van der Waals surface area contributed by atoms with Gasteiger partial charge in [-0.3, -0.25) is 14.9 Å². The van der Waals surface area contributed by atoms with Crippen LogP contribution in [0.25, 0.3) is 0 Å². The van der Waals surface area contributed by atoms with E-state index in [1.807, 2.05) is 12.1 Å². The van der Waals surface area contributed by atoms with Crippen LogP contribution in [0, 0.1) is 17.0 Å². The summed E-state index contributed by atoms with van der Waals surface area (Å²) in [5.74, 6) is 2.21. The van der Waals surface area contributed by atoms with Gasteiger partial charge < -0.3 is 9.73 Å². The van der Waals surface area contributed by atoms with Gasteiger partial charge in [-0.05, 0) is 31.2 Å². The number of furan rings is 1. The van der Waals surface area contributed by atoms with Gasteiger partial charge in [0.15, 0.2) is 0 Å². The van der Waals surface area contributed by atoms with Gasteiger partial charge in [0.05, 0.1) is 16.9 Å². The molecule has 22 heavy (non-hydrogen) atoms. The molecule has 0 aliphatic carbocycles. The van der Waals surface area contributed by atoms with E-state index in [1.165, 1.54) is 18.2 Å². The summed E-state index contributed by atoms with van der Waals surface area (Å²) < 4.78 is 5.21. The summed E-state index contributed by atoms with van der Waals surface area (Å²) in [5, 5.41) is 13.5. The summed E-state index contributed by atoms with van der Waals surface area (Å²) in [6, 6.07) is 8.11. The monoisotopic (exact) mass is 320 g/mol. The Morgan fingerprint density at radius 3 is 2.86 bits per heavy atom. The third-order valence-corrected chi connectivity index (χ3v) is 3.99. The average molecular weight is 320 g/mol. The minimum absolute atomic E-state index is 0.0190. The van der Waals surface area contributed by atoms with E-state index in [1.54, 1.807) is 24.9 Å². The van der Waals surface area contributed by atoms with Crippen molar-refractivity contribution in [3.8, 4) is 0 Å². The van der Waals surface area contributed by atoms with Crippen molar-refractivity contribution in [2.75, 3.05) is 12.3 Å². The van der Waals surface area contributed by atoms with Crippen molar-refractivity contribution in [3.05, 3.63) is 63.6 Å². The van der Waals surface area contributed by atoms with Crippen LogP contribution in [0.3, 0.4) is 0 Å². The van der Waals surface area contributed by atoms with E-state index in [9.17, 15) is 14.9 Å². The Balaban J connectivity index is 1.77. The molecule has 1 amide bonds. The lowest BCUT2D eigenvalue weighted by molar-refractivity contribution is -0.385. The molecule has 0 saturated carbocycles. The number of aryl methyl sites for hydroxylation is 1. The first kappa shape index (κ1) is 16.1. The minimum atomic E-state index is -0.456. The quantitative estimate of drug-likeness (QED) is 0.481. The van der Waals surface area contributed by atoms with E-state index in [0.29, 0.717) is 17.7 Å². The fourth-order valence-electron chi connectivity index (χ4n) is 1.91. The molecule has 2 rings (SSSR count). The van der Waals surface area contributed by atoms with Crippen molar-refractivity contribution in [3.63, 3.8) is 0 Å². The second kappa shape index (κ2) is 7.65. The molecule has 0 atom stereocenters. The van der Waals surface area contributed by atoms with Gasteiger partial charge in [-0.1, -0.05) is 0 Å². The molecule has 0 spiro atoms. The van der Waals surface area contributed by atoms with E-state index in [2.05, 4.69) is 5.32 Å². The zero-order valence-corrected chi connectivity index (χ0v) is 12.9. The molecule has 0 fully saturated rings. The molecule has 0 unspecified atom stereocenters. The Bertz CT molecular complexity index is 656. The number of thioether (sulfide) groups is 1. The molecule has 0 saturated heterocycles. The maximum absolute atomic E-state index is 12.0. The summed E-state index contributed by atoms with van der Waals surface area (Å²) in [4.78, 5) is 22.2. The number of nitro benzene ring substituents is 1. The highest BCUT2D eigenvalue weighted by molar-refractivity contribution is 7.98. The Morgan fingerprint density at radius 2 is 2.23 bits per heavy atom. The lowest BCUT2D eigenvalue weighted by Gasteiger charge is -2.06. The van der Waals surface area contributed by atoms with Gasteiger partial charge in [0, 0.05) is 29.5 Å². The molecule has 2 aromatic rings. The van der Waals surface area contributed by atoms with Crippen LogP contribution in [0.5, 0.6) is 0 Å². The van der Waals surface area contributed by atoms with Crippen LogP contribution in [-0.2, 0) is 5.75 Å². The molecular formula is C15H16N2O4S. The number of nitrogens with zero attached hydrogens (tertiary/aromatic N) is 1. The fourth-order valence-corrected chi connectivity index (χ4v) is 2.66. The Labute approximate surface area is 132 Å². The molecule has 116 valence electrons. The molecule has 0 aliphatic rings. The summed E-state index contributed by atoms with van der Waals surface area (Å²) in [7, 11) is 0. The number of amides is 1. The number of hydrogen-bond acceptors (Lipinski definition) is 5. The smallest absolute Gasteiger partial charge is 0.272 e. The SMILES string of the molecule is Cc1cc(C(=O)NCCSCc2ccco2)ccc1[N+](=O)[O-]. The Hall–Kier alpha value is -2.28. The van der Waals surface area contributed by atoms with Crippen LogP contribution in [0.4, 0.5) is 5.69 Å². The summed E-state index contributed by atoms with van der Waals surface area (Å²) >= 11 is 1.66. The van der Waals surface area contributed by atoms with Gasteiger partial charge in [-0.25, -0.2) is 0 Å². The highest BCUT2D eigenvalue weighted by Gasteiger charge is 2.13. The first-order valence-corrected chi connectivity index (χ1v) is 7.87. The van der Waals surface area contributed by atoms with Crippen LogP contribution >= 0.6 is 11.8 Å². The van der Waals surface area contributed by atoms with Crippen LogP contribution < -0.4 is 5.32 Å². The number of nitro groups is 1. The molecule has 0 bridgehead atoms. The summed E-state index contributed by atoms with van der Waals surface area (Å²) in [6.45, 7) is 2.15. The lowest BCUT2D eigenvalue weighted by Crippen LogP contribution is -2.25. The molecule has 7 heteroatoms. The molecule has 1 N–H and O–H groups in total. The van der Waals surface area contributed by atoms with Crippen molar-refractivity contribution >= 4 is 23.4 Å². The van der Waals surface area contributed by atoms with Crippen molar-refractivity contribution < 1.29 is 14.1 Å². The topological polar surface area (TPSA) is 85.4 Å². The van der Waals surface area contributed by atoms with E-state index < -0.39 is 4.92 Å². The maximum atomic E-state index is 12.0. The van der Waals surface area contributed by atoms with Gasteiger partial charge in [0.25, 0.3) is 11.6 Å². The van der Waals surface area contributed by atoms with E-state index in [-0.39, 0.29) is 11.6 Å². The molecule has 1 aromatic heterocycles. The molecule has 1 aromatic carbocycles. The molecule has 1 heterocycles. The van der Waals surface area contributed by atoms with Gasteiger partial charge in [-0.15, -0.1) is 0 Å². The number of carbonyl (C=O) groups is 1. The largest absolute Gasteiger partial charge is 0.468 e. The minimum Gasteiger partial charge on any atom is -0.468 e. The van der Waals surface area contributed by atoms with Gasteiger partial charge in [0.1, 0.15) is 5.76 Å². The molecule has 6 nitrogen and oxygen atoms in total. The average Bonchev–Trinajstić information content (AvgIpc) is 2.99. The Kier molecular flexibility index (Phi) is 5.60. The summed E-state index contributed by atoms with van der Waals surface area (Å²) in [6.07, 6.45) is 1.63. The van der Waals surface area contributed by atoms with Gasteiger partial charge >= 0.3 is 0 Å². The van der Waals surface area contributed by atoms with Gasteiger partial charge in [-0.2, -0.15) is 11.8 Å². The molecule has 0 radical (unpaired) electrons. The lowest BCUT2D eigenvalue weighted by atomic mass is 10.1. The van der Waals surface area contributed by atoms with Crippen molar-refractivity contribution in [2.24, 2.45) is 0 Å². The third kappa shape index (κ3) is 4.36. The van der Waals surface area contributed by atoms with Crippen LogP contribution in [-0.4, -0.2) is 23.1 Å². The van der Waals surface area contributed by atoms with Crippen molar-refractivity contribution in [1.82, 2.24) is 5.32 Å². The van der Waals surface area contributed by atoms with Crippen molar-refractivity contribution in [2.45, 2.75) is 12.7 Å². The zero-order valence-electron chi connectivity index (χ0n) is 12.1. The summed E-state index contributed by atoms with van der Waals surface area (Å²) in [5.41, 5.74) is 0.925. The normalized spacial score (nSPS) is 10.4. The highest BCUT2D eigenvalue weighted by Crippen LogP contribution is 2.18. The number of rotatable bonds is 7. The predicted molar refractivity (Wildman–Crippen MR) is 85.0 cm³/mol. The fraction of sp³-hybridized carbons (Fsp3) is 0.267. The van der Waals surface area contributed by atoms with Crippen LogP contribution in [0.2, 0.25) is 0 Å². The van der Waals surface area contributed by atoms with Crippen LogP contribution in [0.15, 0.2) is 41.0 Å². The predicted octanol–water partition coefficient (Wildman–Crippen LogP) is 3.16. The number of benzene rings is 1. The van der Waals surface area contributed by atoms with Crippen LogP contribution in [0.1, 0.15) is 21.7 Å². The van der Waals surface area contributed by atoms with E-state index in [4.69, 9.17) is 4.42 Å². The molecule has 0 aliphatic heterocycles. The Morgan fingerprint density at radius 1 is 1.41 bits per heavy atom. The number of carbonyl (C=O) groups excluding carboxylic acids is 1. The first-order chi connectivity index (χ1) is 10.6.